The van der Waals surface area contributed by atoms with Gasteiger partial charge in [-0.05, 0) is 79.4 Å². The van der Waals surface area contributed by atoms with Crippen molar-refractivity contribution >= 4 is 16.0 Å². The molecule has 0 bridgehead atoms. The zero-order valence-corrected chi connectivity index (χ0v) is 28.4. The van der Waals surface area contributed by atoms with E-state index < -0.39 is 51.1 Å². The average Bonchev–Trinajstić information content (AvgIpc) is 3.13. The number of rotatable bonds is 8. The topological polar surface area (TPSA) is 167 Å². The first-order valence-electron chi connectivity index (χ1n) is 15.1. The standard InChI is InChI=1S/C30H51NO8S.Na/c1-17(19(3)27(35)31-12-13-40(37,38)39)6-7-18(2)23-15-24(33)26-21-14-25(34)30(36)16-20(32)8-11-29(30,5)22(21)9-10-28(23,26)4;/h6-7,17-26,32-34,36H,8-16H2,1-5H3,(H,31,35)(H,37,38,39);/q;+1/p-1/b7-6+;/t17-,18-,19+,20+,21?,22?,23-,24+,25-,26?,28-,29-,30+;/m1./s1. The van der Waals surface area contributed by atoms with E-state index in [1.165, 1.54) is 0 Å². The molecule has 0 radical (unpaired) electrons. The molecule has 0 aromatic heterocycles. The van der Waals surface area contributed by atoms with Crippen LogP contribution in [-0.4, -0.2) is 75.5 Å². The summed E-state index contributed by atoms with van der Waals surface area (Å²) >= 11 is 0. The van der Waals surface area contributed by atoms with Gasteiger partial charge in [0.25, 0.3) is 0 Å². The molecule has 230 valence electrons. The minimum absolute atomic E-state index is 0. The van der Waals surface area contributed by atoms with Gasteiger partial charge in [-0.3, -0.25) is 4.79 Å². The van der Waals surface area contributed by atoms with E-state index in [1.807, 2.05) is 13.0 Å². The Labute approximate surface area is 268 Å². The Morgan fingerprint density at radius 2 is 1.73 bits per heavy atom. The summed E-state index contributed by atoms with van der Waals surface area (Å²) in [5.74, 6) is -0.752. The maximum absolute atomic E-state index is 12.5. The van der Waals surface area contributed by atoms with Crippen LogP contribution in [0.5, 0.6) is 0 Å². The first kappa shape index (κ1) is 35.4. The molecule has 0 heterocycles. The number of allylic oxidation sites excluding steroid dienone is 2. The van der Waals surface area contributed by atoms with Crippen LogP contribution in [0.1, 0.15) is 79.6 Å². The van der Waals surface area contributed by atoms with E-state index >= 15 is 0 Å². The van der Waals surface area contributed by atoms with Crippen LogP contribution in [0.15, 0.2) is 12.2 Å². The molecule has 0 saturated heterocycles. The summed E-state index contributed by atoms with van der Waals surface area (Å²) in [5.41, 5.74) is -1.93. The minimum Gasteiger partial charge on any atom is -0.748 e. The molecule has 4 fully saturated rings. The van der Waals surface area contributed by atoms with E-state index in [9.17, 15) is 38.2 Å². The zero-order valence-electron chi connectivity index (χ0n) is 25.6. The first-order valence-corrected chi connectivity index (χ1v) is 16.7. The SMILES string of the molecule is C[C@H](/C=C/[C@@H](C)[C@H]1C[C@H](O)C2C3C[C@@H](O)[C@@]4(O)C[C@@H](O)CC[C@]4(C)C3CC[C@@]21C)[C@H](C)C(=O)NCCS(=O)(=O)[O-].[Na+]. The monoisotopic (exact) mass is 607 g/mol. The van der Waals surface area contributed by atoms with Crippen LogP contribution in [0, 0.1) is 52.3 Å². The first-order chi connectivity index (χ1) is 18.4. The van der Waals surface area contributed by atoms with Crippen molar-refractivity contribution in [1.82, 2.24) is 5.32 Å². The summed E-state index contributed by atoms with van der Waals surface area (Å²) < 4.78 is 32.4. The second-order valence-corrected chi connectivity index (χ2v) is 15.7. The summed E-state index contributed by atoms with van der Waals surface area (Å²) in [6, 6.07) is 0. The predicted octanol–water partition coefficient (Wildman–Crippen LogP) is -0.807. The predicted molar refractivity (Wildman–Crippen MR) is 150 cm³/mol. The third-order valence-corrected chi connectivity index (χ3v) is 12.8. The molecule has 3 unspecified atom stereocenters. The van der Waals surface area contributed by atoms with Gasteiger partial charge >= 0.3 is 29.6 Å². The molecule has 0 spiro atoms. The van der Waals surface area contributed by atoms with Crippen LogP contribution in [0.25, 0.3) is 0 Å². The Hall–Kier alpha value is -0.0400. The Balaban J connectivity index is 0.00000462. The van der Waals surface area contributed by atoms with Crippen molar-refractivity contribution in [1.29, 1.82) is 0 Å². The number of hydrogen-bond donors (Lipinski definition) is 5. The number of hydrogen-bond acceptors (Lipinski definition) is 8. The van der Waals surface area contributed by atoms with Crippen LogP contribution in [0.2, 0.25) is 0 Å². The van der Waals surface area contributed by atoms with Gasteiger partial charge in [0.15, 0.2) is 0 Å². The number of aliphatic hydroxyl groups excluding tert-OH is 3. The summed E-state index contributed by atoms with van der Waals surface area (Å²) in [6.45, 7) is 10.0. The molecule has 11 heteroatoms. The molecular formula is C30H50NNaO8S. The van der Waals surface area contributed by atoms with Crippen LogP contribution in [-0.2, 0) is 14.9 Å². The second-order valence-electron chi connectivity index (χ2n) is 14.2. The summed E-state index contributed by atoms with van der Waals surface area (Å²) in [7, 11) is -4.38. The molecular weight excluding hydrogens is 557 g/mol. The molecule has 4 saturated carbocycles. The van der Waals surface area contributed by atoms with Gasteiger partial charge < -0.3 is 30.3 Å². The smallest absolute Gasteiger partial charge is 0.748 e. The third-order valence-electron chi connectivity index (χ3n) is 12.1. The number of aliphatic hydroxyl groups is 4. The van der Waals surface area contributed by atoms with Gasteiger partial charge in [0.05, 0.1) is 39.8 Å². The molecule has 0 aromatic rings. The summed E-state index contributed by atoms with van der Waals surface area (Å²) in [6.07, 6.45) is 6.58. The Bertz CT molecular complexity index is 1090. The molecule has 9 nitrogen and oxygen atoms in total. The number of fused-ring (bicyclic) bond motifs is 5. The molecule has 5 N–H and O–H groups in total. The van der Waals surface area contributed by atoms with Crippen molar-refractivity contribution in [2.75, 3.05) is 12.3 Å². The van der Waals surface area contributed by atoms with Crippen molar-refractivity contribution in [3.8, 4) is 0 Å². The molecule has 4 rings (SSSR count). The van der Waals surface area contributed by atoms with E-state index in [1.54, 1.807) is 6.92 Å². The molecule has 41 heavy (non-hydrogen) atoms. The van der Waals surface area contributed by atoms with Crippen molar-refractivity contribution in [3.63, 3.8) is 0 Å². The van der Waals surface area contributed by atoms with Gasteiger partial charge in [-0.15, -0.1) is 0 Å². The van der Waals surface area contributed by atoms with Crippen molar-refractivity contribution < 1.29 is 67.7 Å². The van der Waals surface area contributed by atoms with E-state index in [2.05, 4.69) is 32.2 Å². The van der Waals surface area contributed by atoms with Gasteiger partial charge in [-0.1, -0.05) is 46.8 Å². The fourth-order valence-electron chi connectivity index (χ4n) is 9.54. The van der Waals surface area contributed by atoms with Crippen LogP contribution < -0.4 is 34.9 Å². The minimum atomic E-state index is -4.38. The largest absolute Gasteiger partial charge is 1.00 e. The van der Waals surface area contributed by atoms with Gasteiger partial charge in [0.2, 0.25) is 5.91 Å². The average molecular weight is 608 g/mol. The summed E-state index contributed by atoms with van der Waals surface area (Å²) in [5, 5.41) is 47.3. The van der Waals surface area contributed by atoms with Gasteiger partial charge in [0, 0.05) is 24.3 Å². The van der Waals surface area contributed by atoms with E-state index in [0.717, 1.165) is 12.8 Å². The van der Waals surface area contributed by atoms with E-state index in [4.69, 9.17) is 0 Å². The van der Waals surface area contributed by atoms with Gasteiger partial charge in [0.1, 0.15) is 0 Å². The quantitative estimate of drug-likeness (QED) is 0.136. The van der Waals surface area contributed by atoms with E-state index in [-0.39, 0.29) is 89.4 Å². The zero-order chi connectivity index (χ0) is 29.8. The molecule has 4 aliphatic carbocycles. The third kappa shape index (κ3) is 6.52. The van der Waals surface area contributed by atoms with Crippen molar-refractivity contribution in [2.45, 2.75) is 103 Å². The molecule has 0 aromatic carbocycles. The number of nitrogens with one attached hydrogen (secondary N) is 1. The van der Waals surface area contributed by atoms with Crippen LogP contribution >= 0.6 is 0 Å². The second kappa shape index (κ2) is 12.8. The van der Waals surface area contributed by atoms with Crippen molar-refractivity contribution in [2.24, 2.45) is 52.3 Å². The number of amides is 1. The Kier molecular flexibility index (Phi) is 11.0. The van der Waals surface area contributed by atoms with Crippen LogP contribution in [0.4, 0.5) is 0 Å². The molecule has 0 aliphatic heterocycles. The Morgan fingerprint density at radius 3 is 2.37 bits per heavy atom. The van der Waals surface area contributed by atoms with Crippen molar-refractivity contribution in [3.05, 3.63) is 12.2 Å². The van der Waals surface area contributed by atoms with Gasteiger partial charge in [-0.25, -0.2) is 8.42 Å². The maximum atomic E-state index is 12.5. The maximum Gasteiger partial charge on any atom is 1.00 e. The van der Waals surface area contributed by atoms with Gasteiger partial charge in [-0.2, -0.15) is 0 Å². The fourth-order valence-corrected chi connectivity index (χ4v) is 9.89. The van der Waals surface area contributed by atoms with E-state index in [0.29, 0.717) is 25.7 Å². The summed E-state index contributed by atoms with van der Waals surface area (Å²) in [4.78, 5) is 12.5. The number of carbonyl (C=O) groups is 1. The fraction of sp³-hybridized carbons (Fsp3) is 0.900. The number of carbonyl (C=O) groups excluding carboxylic acids is 1. The molecule has 4 aliphatic rings. The van der Waals surface area contributed by atoms with Crippen LogP contribution in [0.3, 0.4) is 0 Å². The Morgan fingerprint density at radius 1 is 1.07 bits per heavy atom. The molecule has 13 atom stereocenters. The molecule has 1 amide bonds. The normalized spacial score (nSPS) is 44.6.